The molecule has 0 spiro atoms. The van der Waals surface area contributed by atoms with E-state index < -0.39 is 11.6 Å². The predicted molar refractivity (Wildman–Crippen MR) is 111 cm³/mol. The number of hydrogen-bond donors (Lipinski definition) is 0. The number of hydrogen-bond acceptors (Lipinski definition) is 1. The lowest BCUT2D eigenvalue weighted by atomic mass is 9.99. The van der Waals surface area contributed by atoms with Gasteiger partial charge in [-0.3, -0.25) is 0 Å². The Labute approximate surface area is 170 Å². The fourth-order valence-electron chi connectivity index (χ4n) is 3.22. The highest BCUT2D eigenvalue weighted by atomic mass is 19.2. The molecule has 29 heavy (non-hydrogen) atoms. The monoisotopic (exact) mass is 398 g/mol. The first-order valence-electron chi connectivity index (χ1n) is 10.0. The Bertz CT molecular complexity index is 965. The van der Waals surface area contributed by atoms with Crippen LogP contribution in [0.15, 0.2) is 54.6 Å². The molecule has 0 fully saturated rings. The van der Waals surface area contributed by atoms with Crippen LogP contribution in [-0.4, -0.2) is 0 Å². The maximum Gasteiger partial charge on any atom is 0.166 e. The van der Waals surface area contributed by atoms with E-state index in [1.165, 1.54) is 6.07 Å². The molecule has 3 rings (SSSR count). The van der Waals surface area contributed by atoms with Crippen molar-refractivity contribution < 1.29 is 17.9 Å². The zero-order chi connectivity index (χ0) is 20.8. The van der Waals surface area contributed by atoms with Crippen LogP contribution in [0.2, 0.25) is 0 Å². The second-order valence-corrected chi connectivity index (χ2v) is 7.10. The standard InChI is InChI=1S/C25H25F3O/c1-3-5-6-20-12-14-22(25(28)24(20)27)19-9-7-17(8-10-19)16-29-21-13-11-18(4-2)23(26)15-21/h7-15H,3-6,16H2,1-2H3. The lowest BCUT2D eigenvalue weighted by Gasteiger charge is -2.10. The van der Waals surface area contributed by atoms with Gasteiger partial charge in [0.1, 0.15) is 18.2 Å². The third kappa shape index (κ3) is 5.00. The van der Waals surface area contributed by atoms with Crippen LogP contribution in [0.5, 0.6) is 5.75 Å². The van der Waals surface area contributed by atoms with Gasteiger partial charge in [-0.25, -0.2) is 13.2 Å². The van der Waals surface area contributed by atoms with Gasteiger partial charge in [0, 0.05) is 11.6 Å². The van der Waals surface area contributed by atoms with Crippen molar-refractivity contribution in [2.75, 3.05) is 0 Å². The van der Waals surface area contributed by atoms with Crippen LogP contribution in [0.1, 0.15) is 43.4 Å². The quantitative estimate of drug-likeness (QED) is 0.388. The number of aryl methyl sites for hydroxylation is 2. The highest BCUT2D eigenvalue weighted by molar-refractivity contribution is 5.65. The van der Waals surface area contributed by atoms with Gasteiger partial charge in [-0.2, -0.15) is 0 Å². The molecule has 0 heterocycles. The van der Waals surface area contributed by atoms with E-state index in [0.717, 1.165) is 18.4 Å². The highest BCUT2D eigenvalue weighted by Crippen LogP contribution is 2.28. The minimum absolute atomic E-state index is 0.243. The Morgan fingerprint density at radius 2 is 1.52 bits per heavy atom. The molecule has 0 aliphatic heterocycles. The maximum atomic E-state index is 14.5. The molecule has 0 aliphatic carbocycles. The maximum absolute atomic E-state index is 14.5. The third-order valence-corrected chi connectivity index (χ3v) is 5.04. The Morgan fingerprint density at radius 1 is 0.793 bits per heavy atom. The molecule has 0 aliphatic rings. The summed E-state index contributed by atoms with van der Waals surface area (Å²) < 4.78 is 48.3. The second kappa shape index (κ2) is 9.64. The highest BCUT2D eigenvalue weighted by Gasteiger charge is 2.14. The number of ether oxygens (including phenoxy) is 1. The lowest BCUT2D eigenvalue weighted by Crippen LogP contribution is -1.99. The number of unbranched alkanes of at least 4 members (excludes halogenated alkanes) is 1. The molecule has 152 valence electrons. The molecule has 4 heteroatoms. The second-order valence-electron chi connectivity index (χ2n) is 7.10. The Hall–Kier alpha value is -2.75. The fraction of sp³-hybridized carbons (Fsp3) is 0.280. The first-order chi connectivity index (χ1) is 14.0. The molecule has 0 saturated carbocycles. The van der Waals surface area contributed by atoms with E-state index in [9.17, 15) is 13.2 Å². The van der Waals surface area contributed by atoms with E-state index in [1.54, 1.807) is 48.5 Å². The zero-order valence-corrected chi connectivity index (χ0v) is 16.8. The lowest BCUT2D eigenvalue weighted by molar-refractivity contribution is 0.304. The van der Waals surface area contributed by atoms with Gasteiger partial charge in [-0.05, 0) is 47.6 Å². The molecule has 0 bridgehead atoms. The van der Waals surface area contributed by atoms with Crippen molar-refractivity contribution in [1.29, 1.82) is 0 Å². The molecule has 1 nitrogen and oxygen atoms in total. The van der Waals surface area contributed by atoms with Crippen LogP contribution in [0, 0.1) is 17.5 Å². The van der Waals surface area contributed by atoms with Crippen LogP contribution in [0.3, 0.4) is 0 Å². The largest absolute Gasteiger partial charge is 0.489 e. The molecule has 0 aromatic heterocycles. The van der Waals surface area contributed by atoms with Crippen LogP contribution in [-0.2, 0) is 19.4 Å². The van der Waals surface area contributed by atoms with Crippen molar-refractivity contribution in [2.24, 2.45) is 0 Å². The van der Waals surface area contributed by atoms with Gasteiger partial charge in [0.15, 0.2) is 11.6 Å². The molecule has 0 amide bonds. The van der Waals surface area contributed by atoms with Gasteiger partial charge in [-0.1, -0.05) is 62.7 Å². The van der Waals surface area contributed by atoms with Gasteiger partial charge in [0.25, 0.3) is 0 Å². The molecule has 0 atom stereocenters. The van der Waals surface area contributed by atoms with Crippen molar-refractivity contribution in [3.8, 4) is 16.9 Å². The summed E-state index contributed by atoms with van der Waals surface area (Å²) in [5, 5.41) is 0. The zero-order valence-electron chi connectivity index (χ0n) is 16.8. The molecule has 0 N–H and O–H groups in total. The summed E-state index contributed by atoms with van der Waals surface area (Å²) >= 11 is 0. The molecular weight excluding hydrogens is 373 g/mol. The van der Waals surface area contributed by atoms with E-state index in [-0.39, 0.29) is 18.0 Å². The van der Waals surface area contributed by atoms with E-state index in [1.807, 2.05) is 13.8 Å². The minimum atomic E-state index is -0.811. The number of rotatable bonds is 8. The van der Waals surface area contributed by atoms with Crippen LogP contribution >= 0.6 is 0 Å². The van der Waals surface area contributed by atoms with Crippen LogP contribution in [0.25, 0.3) is 11.1 Å². The summed E-state index contributed by atoms with van der Waals surface area (Å²) in [6.07, 6.45) is 2.93. The van der Waals surface area contributed by atoms with Crippen molar-refractivity contribution in [3.05, 3.63) is 88.7 Å². The summed E-state index contributed by atoms with van der Waals surface area (Å²) in [5.74, 6) is -1.39. The number of halogens is 3. The van der Waals surface area contributed by atoms with E-state index in [4.69, 9.17) is 4.74 Å². The molecular formula is C25H25F3O. The first kappa shape index (κ1) is 21.0. The third-order valence-electron chi connectivity index (χ3n) is 5.04. The molecule has 3 aromatic rings. The van der Waals surface area contributed by atoms with Gasteiger partial charge in [0.2, 0.25) is 0 Å². The van der Waals surface area contributed by atoms with Gasteiger partial charge < -0.3 is 4.74 Å². The topological polar surface area (TPSA) is 9.23 Å². The van der Waals surface area contributed by atoms with E-state index in [0.29, 0.717) is 35.3 Å². The van der Waals surface area contributed by atoms with Gasteiger partial charge in [-0.15, -0.1) is 0 Å². The normalized spacial score (nSPS) is 10.9. The summed E-state index contributed by atoms with van der Waals surface area (Å²) in [7, 11) is 0. The van der Waals surface area contributed by atoms with E-state index >= 15 is 0 Å². The minimum Gasteiger partial charge on any atom is -0.489 e. The summed E-state index contributed by atoms with van der Waals surface area (Å²) in [6.45, 7) is 4.18. The predicted octanol–water partition coefficient (Wildman–Crippen LogP) is 7.25. The Kier molecular flexibility index (Phi) is 6.97. The average Bonchev–Trinajstić information content (AvgIpc) is 2.74. The van der Waals surface area contributed by atoms with Crippen molar-refractivity contribution in [1.82, 2.24) is 0 Å². The molecule has 0 radical (unpaired) electrons. The summed E-state index contributed by atoms with van der Waals surface area (Å²) in [6, 6.07) is 15.2. The van der Waals surface area contributed by atoms with E-state index in [2.05, 4.69) is 0 Å². The van der Waals surface area contributed by atoms with Crippen LogP contribution < -0.4 is 4.74 Å². The molecule has 0 saturated heterocycles. The summed E-state index contributed by atoms with van der Waals surface area (Å²) in [5.41, 5.74) is 2.77. The van der Waals surface area contributed by atoms with Crippen LogP contribution in [0.4, 0.5) is 13.2 Å². The van der Waals surface area contributed by atoms with Gasteiger partial charge >= 0.3 is 0 Å². The van der Waals surface area contributed by atoms with Crippen molar-refractivity contribution >= 4 is 0 Å². The fourth-order valence-corrected chi connectivity index (χ4v) is 3.22. The van der Waals surface area contributed by atoms with Gasteiger partial charge in [0.05, 0.1) is 0 Å². The molecule has 3 aromatic carbocycles. The van der Waals surface area contributed by atoms with Crippen molar-refractivity contribution in [2.45, 2.75) is 46.1 Å². The Morgan fingerprint density at radius 3 is 2.17 bits per heavy atom. The molecule has 0 unspecified atom stereocenters. The summed E-state index contributed by atoms with van der Waals surface area (Å²) in [4.78, 5) is 0. The van der Waals surface area contributed by atoms with Crippen molar-refractivity contribution in [3.63, 3.8) is 0 Å². The Balaban J connectivity index is 1.70. The smallest absolute Gasteiger partial charge is 0.166 e. The first-order valence-corrected chi connectivity index (χ1v) is 10.0. The SMILES string of the molecule is CCCCc1ccc(-c2ccc(COc3ccc(CC)c(F)c3)cc2)c(F)c1F. The number of benzene rings is 3. The average molecular weight is 398 g/mol.